The zero-order chi connectivity index (χ0) is 13.4. The van der Waals surface area contributed by atoms with E-state index in [-0.39, 0.29) is 11.5 Å². The molecule has 0 amide bonds. The Balaban J connectivity index is 2.95. The minimum atomic E-state index is -0.323. The third-order valence-electron chi connectivity index (χ3n) is 3.97. The summed E-state index contributed by atoms with van der Waals surface area (Å²) >= 11 is 0. The quantitative estimate of drug-likeness (QED) is 0.752. The van der Waals surface area contributed by atoms with E-state index in [4.69, 9.17) is 0 Å². The van der Waals surface area contributed by atoms with Crippen LogP contribution in [0.3, 0.4) is 0 Å². The Morgan fingerprint density at radius 3 is 2.28 bits per heavy atom. The molecule has 0 heterocycles. The van der Waals surface area contributed by atoms with E-state index in [9.17, 15) is 5.11 Å². The third kappa shape index (κ3) is 3.15. The van der Waals surface area contributed by atoms with Gasteiger partial charge in [-0.15, -0.1) is 11.8 Å². The summed E-state index contributed by atoms with van der Waals surface area (Å²) in [6.07, 6.45) is 3.10. The Kier molecular flexibility index (Phi) is 5.95. The van der Waals surface area contributed by atoms with Crippen LogP contribution in [0.15, 0.2) is 30.3 Å². The molecule has 1 aromatic carbocycles. The number of hydrogen-bond donors (Lipinski definition) is 1. The summed E-state index contributed by atoms with van der Waals surface area (Å²) in [4.78, 5) is 0. The SMILES string of the molecule is CC#CCCC(O)C(CC)(CC)c1ccccc1. The summed E-state index contributed by atoms with van der Waals surface area (Å²) in [5.41, 5.74) is 1.11. The van der Waals surface area contributed by atoms with Crippen molar-refractivity contribution in [1.29, 1.82) is 0 Å². The smallest absolute Gasteiger partial charge is 0.0645 e. The molecule has 1 unspecified atom stereocenters. The van der Waals surface area contributed by atoms with Crippen LogP contribution in [0.25, 0.3) is 0 Å². The van der Waals surface area contributed by atoms with Gasteiger partial charge in [0.05, 0.1) is 6.10 Å². The third-order valence-corrected chi connectivity index (χ3v) is 3.97. The van der Waals surface area contributed by atoms with Gasteiger partial charge in [0.1, 0.15) is 0 Å². The number of aliphatic hydroxyl groups excluding tert-OH is 1. The number of benzene rings is 1. The maximum atomic E-state index is 10.6. The molecule has 1 rings (SSSR count). The molecule has 0 aliphatic heterocycles. The first-order valence-electron chi connectivity index (χ1n) is 6.84. The minimum Gasteiger partial charge on any atom is -0.392 e. The average Bonchev–Trinajstić information content (AvgIpc) is 2.42. The van der Waals surface area contributed by atoms with Gasteiger partial charge in [-0.1, -0.05) is 44.2 Å². The van der Waals surface area contributed by atoms with Gasteiger partial charge in [-0.25, -0.2) is 0 Å². The first-order chi connectivity index (χ1) is 8.71. The summed E-state index contributed by atoms with van der Waals surface area (Å²) < 4.78 is 0. The molecule has 1 atom stereocenters. The lowest BCUT2D eigenvalue weighted by Crippen LogP contribution is -2.38. The van der Waals surface area contributed by atoms with Crippen LogP contribution < -0.4 is 0 Å². The second kappa shape index (κ2) is 7.24. The van der Waals surface area contributed by atoms with Crippen molar-refractivity contribution in [2.45, 2.75) is 58.0 Å². The van der Waals surface area contributed by atoms with Gasteiger partial charge in [-0.2, -0.15) is 0 Å². The highest BCUT2D eigenvalue weighted by Crippen LogP contribution is 2.36. The van der Waals surface area contributed by atoms with Crippen LogP contribution in [-0.2, 0) is 5.41 Å². The van der Waals surface area contributed by atoms with Crippen LogP contribution in [0, 0.1) is 11.8 Å². The molecule has 0 saturated carbocycles. The van der Waals surface area contributed by atoms with E-state index in [1.165, 1.54) is 5.56 Å². The van der Waals surface area contributed by atoms with Crippen LogP contribution in [0.2, 0.25) is 0 Å². The lowest BCUT2D eigenvalue weighted by molar-refractivity contribution is 0.0668. The lowest BCUT2D eigenvalue weighted by Gasteiger charge is -2.37. The molecule has 0 spiro atoms. The largest absolute Gasteiger partial charge is 0.392 e. The van der Waals surface area contributed by atoms with Gasteiger partial charge >= 0.3 is 0 Å². The number of rotatable bonds is 6. The van der Waals surface area contributed by atoms with Crippen molar-refractivity contribution < 1.29 is 5.11 Å². The molecule has 0 bridgehead atoms. The van der Waals surface area contributed by atoms with Gasteiger partial charge in [0.2, 0.25) is 0 Å². The van der Waals surface area contributed by atoms with E-state index >= 15 is 0 Å². The molecule has 18 heavy (non-hydrogen) atoms. The lowest BCUT2D eigenvalue weighted by atomic mass is 9.70. The molecule has 0 saturated heterocycles. The van der Waals surface area contributed by atoms with Crippen LogP contribution in [0.1, 0.15) is 52.0 Å². The van der Waals surface area contributed by atoms with Crippen LogP contribution in [0.5, 0.6) is 0 Å². The summed E-state index contributed by atoms with van der Waals surface area (Å²) in [5, 5.41) is 10.6. The van der Waals surface area contributed by atoms with Crippen molar-refractivity contribution in [3.05, 3.63) is 35.9 Å². The summed E-state index contributed by atoms with van der Waals surface area (Å²) in [5.74, 6) is 5.93. The van der Waals surface area contributed by atoms with Crippen LogP contribution in [-0.4, -0.2) is 11.2 Å². The van der Waals surface area contributed by atoms with Gasteiger partial charge in [-0.05, 0) is 31.7 Å². The fraction of sp³-hybridized carbons (Fsp3) is 0.529. The van der Waals surface area contributed by atoms with Gasteiger partial charge in [0, 0.05) is 11.8 Å². The Morgan fingerprint density at radius 1 is 1.17 bits per heavy atom. The van der Waals surface area contributed by atoms with Crippen LogP contribution in [0.4, 0.5) is 0 Å². The van der Waals surface area contributed by atoms with Crippen molar-refractivity contribution in [3.63, 3.8) is 0 Å². The summed E-state index contributed by atoms with van der Waals surface area (Å²) in [6, 6.07) is 10.4. The van der Waals surface area contributed by atoms with E-state index in [0.717, 1.165) is 25.7 Å². The topological polar surface area (TPSA) is 20.2 Å². The standard InChI is InChI=1S/C17H24O/c1-4-7-9-14-16(18)17(5-2,6-3)15-12-10-8-11-13-15/h8,10-13,16,18H,5-6,9,14H2,1-3H3. The van der Waals surface area contributed by atoms with Crippen molar-refractivity contribution in [2.24, 2.45) is 0 Å². The minimum absolute atomic E-state index is 0.128. The van der Waals surface area contributed by atoms with Crippen LogP contribution >= 0.6 is 0 Å². The molecule has 0 aromatic heterocycles. The Hall–Kier alpha value is -1.26. The van der Waals surface area contributed by atoms with E-state index < -0.39 is 0 Å². The summed E-state index contributed by atoms with van der Waals surface area (Å²) in [6.45, 7) is 6.16. The molecule has 1 N–H and O–H groups in total. The molecule has 1 nitrogen and oxygen atoms in total. The summed E-state index contributed by atoms with van der Waals surface area (Å²) in [7, 11) is 0. The highest BCUT2D eigenvalue weighted by Gasteiger charge is 2.35. The van der Waals surface area contributed by atoms with E-state index in [0.29, 0.717) is 0 Å². The second-order valence-corrected chi connectivity index (χ2v) is 4.71. The zero-order valence-corrected chi connectivity index (χ0v) is 11.7. The second-order valence-electron chi connectivity index (χ2n) is 4.71. The molecule has 1 aromatic rings. The van der Waals surface area contributed by atoms with Gasteiger partial charge in [-0.3, -0.25) is 0 Å². The predicted octanol–water partition coefficient (Wildman–Crippen LogP) is 3.91. The van der Waals surface area contributed by atoms with Crippen molar-refractivity contribution in [3.8, 4) is 11.8 Å². The Bertz CT molecular complexity index is 393. The fourth-order valence-electron chi connectivity index (χ4n) is 2.70. The van der Waals surface area contributed by atoms with Gasteiger partial charge < -0.3 is 5.11 Å². The normalized spacial score (nSPS) is 12.7. The molecule has 98 valence electrons. The molecule has 0 aliphatic rings. The molecule has 0 aliphatic carbocycles. The average molecular weight is 244 g/mol. The van der Waals surface area contributed by atoms with Gasteiger partial charge in [0.25, 0.3) is 0 Å². The molecule has 0 radical (unpaired) electrons. The van der Waals surface area contributed by atoms with Crippen molar-refractivity contribution >= 4 is 0 Å². The maximum absolute atomic E-state index is 10.6. The fourth-order valence-corrected chi connectivity index (χ4v) is 2.70. The van der Waals surface area contributed by atoms with Gasteiger partial charge in [0.15, 0.2) is 0 Å². The van der Waals surface area contributed by atoms with E-state index in [1.54, 1.807) is 0 Å². The highest BCUT2D eigenvalue weighted by molar-refractivity contribution is 5.27. The van der Waals surface area contributed by atoms with Crippen molar-refractivity contribution in [1.82, 2.24) is 0 Å². The molecular weight excluding hydrogens is 220 g/mol. The zero-order valence-electron chi connectivity index (χ0n) is 11.7. The number of hydrogen-bond acceptors (Lipinski definition) is 1. The maximum Gasteiger partial charge on any atom is 0.0645 e. The monoisotopic (exact) mass is 244 g/mol. The van der Waals surface area contributed by atoms with E-state index in [1.807, 2.05) is 25.1 Å². The van der Waals surface area contributed by atoms with Crippen molar-refractivity contribution in [2.75, 3.05) is 0 Å². The first kappa shape index (κ1) is 14.8. The van der Waals surface area contributed by atoms with E-state index in [2.05, 4.69) is 37.8 Å². The number of aliphatic hydroxyl groups is 1. The first-order valence-corrected chi connectivity index (χ1v) is 6.84. The molecular formula is C17H24O. The Morgan fingerprint density at radius 2 is 1.78 bits per heavy atom. The molecule has 0 fully saturated rings. The highest BCUT2D eigenvalue weighted by atomic mass is 16.3. The predicted molar refractivity (Wildman–Crippen MR) is 77.4 cm³/mol. The Labute approximate surface area is 111 Å². The molecule has 1 heteroatoms.